The summed E-state index contributed by atoms with van der Waals surface area (Å²) in [6.45, 7) is 0.817. The fourth-order valence-electron chi connectivity index (χ4n) is 4.04. The van der Waals surface area contributed by atoms with Gasteiger partial charge in [-0.15, -0.1) is 0 Å². The fraction of sp³-hybridized carbons (Fsp3) is 0.350. The van der Waals surface area contributed by atoms with Crippen molar-refractivity contribution < 1.29 is 27.7 Å². The molecule has 164 valence electrons. The third kappa shape index (κ3) is 4.25. The average molecular weight is 455 g/mol. The maximum absolute atomic E-state index is 12.9. The van der Waals surface area contributed by atoms with Crippen LogP contribution in [0.2, 0.25) is 5.02 Å². The van der Waals surface area contributed by atoms with Gasteiger partial charge < -0.3 is 5.32 Å². The second-order valence-corrected chi connectivity index (χ2v) is 8.04. The van der Waals surface area contributed by atoms with Crippen molar-refractivity contribution >= 4 is 35.0 Å². The zero-order chi connectivity index (χ0) is 22.2. The van der Waals surface area contributed by atoms with Gasteiger partial charge in [0.05, 0.1) is 30.6 Å². The Kier molecular flexibility index (Phi) is 5.42. The molecule has 1 aromatic carbocycles. The van der Waals surface area contributed by atoms with Gasteiger partial charge in [0.2, 0.25) is 5.91 Å². The molecule has 2 aliphatic rings. The second-order valence-electron chi connectivity index (χ2n) is 7.64. The van der Waals surface area contributed by atoms with E-state index in [4.69, 9.17) is 11.6 Å². The smallest absolute Gasteiger partial charge is 0.306 e. The summed E-state index contributed by atoms with van der Waals surface area (Å²) in [5, 5.41) is 4.08. The number of H-pyrrole nitrogens is 1. The number of piperidine rings is 1. The maximum atomic E-state index is 12.9. The summed E-state index contributed by atoms with van der Waals surface area (Å²) >= 11 is 6.10. The number of amides is 3. The van der Waals surface area contributed by atoms with E-state index >= 15 is 0 Å². The molecule has 2 fully saturated rings. The molecule has 31 heavy (non-hydrogen) atoms. The number of alkyl halides is 3. The number of carbonyl (C=O) groups excluding carboxylic acids is 2. The Bertz CT molecular complexity index is 994. The molecular formula is C20H20ClF3N5O2+. The van der Waals surface area contributed by atoms with Gasteiger partial charge in [-0.2, -0.15) is 13.2 Å². The molecule has 2 aromatic rings. The number of aromatic nitrogens is 1. The van der Waals surface area contributed by atoms with E-state index < -0.39 is 23.3 Å². The van der Waals surface area contributed by atoms with Crippen molar-refractivity contribution in [3.63, 3.8) is 0 Å². The number of rotatable bonds is 2. The van der Waals surface area contributed by atoms with Gasteiger partial charge in [-0.25, -0.2) is 14.8 Å². The summed E-state index contributed by atoms with van der Waals surface area (Å²) in [4.78, 5) is 29.4. The van der Waals surface area contributed by atoms with Crippen molar-refractivity contribution in [3.05, 3.63) is 53.2 Å². The van der Waals surface area contributed by atoms with Crippen LogP contribution in [-0.4, -0.2) is 35.6 Å². The van der Waals surface area contributed by atoms with Gasteiger partial charge >= 0.3 is 12.2 Å². The normalized spacial score (nSPS) is 18.3. The van der Waals surface area contributed by atoms with Gasteiger partial charge in [0, 0.05) is 18.5 Å². The van der Waals surface area contributed by atoms with Crippen LogP contribution < -0.4 is 20.6 Å². The lowest BCUT2D eigenvalue weighted by atomic mass is 9.85. The molecule has 3 heterocycles. The minimum absolute atomic E-state index is 0.0370. The lowest BCUT2D eigenvalue weighted by molar-refractivity contribution is -0.367. The molecule has 0 radical (unpaired) electrons. The Labute approximate surface area is 181 Å². The van der Waals surface area contributed by atoms with Crippen LogP contribution in [0.1, 0.15) is 24.8 Å². The molecule has 2 saturated heterocycles. The van der Waals surface area contributed by atoms with Gasteiger partial charge in [0.1, 0.15) is 11.2 Å². The molecule has 4 rings (SSSR count). The number of nitrogens with one attached hydrogen (secondary N) is 3. The number of anilines is 2. The van der Waals surface area contributed by atoms with Crippen molar-refractivity contribution in [1.82, 2.24) is 10.4 Å². The zero-order valence-corrected chi connectivity index (χ0v) is 17.1. The Morgan fingerprint density at radius 1 is 1.19 bits per heavy atom. The molecule has 2 aliphatic heterocycles. The van der Waals surface area contributed by atoms with E-state index in [0.29, 0.717) is 37.4 Å². The lowest BCUT2D eigenvalue weighted by Gasteiger charge is -2.40. The predicted octanol–water partition coefficient (Wildman–Crippen LogP) is 3.48. The van der Waals surface area contributed by atoms with Gasteiger partial charge in [-0.05, 0) is 18.2 Å². The quantitative estimate of drug-likeness (QED) is 0.729. The van der Waals surface area contributed by atoms with Crippen molar-refractivity contribution in [3.8, 4) is 0 Å². The van der Waals surface area contributed by atoms with Crippen molar-refractivity contribution in [2.24, 2.45) is 0 Å². The predicted molar refractivity (Wildman–Crippen MR) is 107 cm³/mol. The van der Waals surface area contributed by atoms with Gasteiger partial charge in [0.15, 0.2) is 0 Å². The number of urea groups is 1. The van der Waals surface area contributed by atoms with Gasteiger partial charge in [0.25, 0.3) is 5.82 Å². The van der Waals surface area contributed by atoms with Crippen LogP contribution >= 0.6 is 11.6 Å². The maximum Gasteiger partial charge on any atom is 0.419 e. The molecule has 11 heteroatoms. The van der Waals surface area contributed by atoms with Crippen LogP contribution in [0.5, 0.6) is 0 Å². The number of hydrogen-bond donors (Lipinski definition) is 2. The van der Waals surface area contributed by atoms with E-state index in [-0.39, 0.29) is 17.4 Å². The number of aromatic amines is 1. The first-order valence-electron chi connectivity index (χ1n) is 9.67. The van der Waals surface area contributed by atoms with Crippen molar-refractivity contribution in [2.45, 2.75) is 31.0 Å². The van der Waals surface area contributed by atoms with E-state index in [1.807, 2.05) is 11.0 Å². The monoisotopic (exact) mass is 454 g/mol. The van der Waals surface area contributed by atoms with E-state index in [1.54, 1.807) is 24.3 Å². The van der Waals surface area contributed by atoms with E-state index in [1.165, 1.54) is 5.01 Å². The van der Waals surface area contributed by atoms with Crippen LogP contribution in [0, 0.1) is 0 Å². The molecule has 1 spiro atoms. The number of benzene rings is 1. The standard InChI is InChI=1S/C20H19ClF3N5O2/c21-15-10-13(20(22,23)24)12-25-17(15)28-8-6-19(7-9-28)11-16(30)27-29(19)18(31)26-14-4-2-1-3-5-14/h1-5,10,12H,6-9,11H2,(H,26,31)(H,27,30)/p+1. The number of hydrazine groups is 1. The summed E-state index contributed by atoms with van der Waals surface area (Å²) in [7, 11) is 0. The second kappa shape index (κ2) is 7.92. The Morgan fingerprint density at radius 2 is 1.87 bits per heavy atom. The molecular weight excluding hydrogens is 435 g/mol. The van der Waals surface area contributed by atoms with Crippen molar-refractivity contribution in [2.75, 3.05) is 23.3 Å². The first-order chi connectivity index (χ1) is 14.7. The summed E-state index contributed by atoms with van der Waals surface area (Å²) in [6.07, 6.45) is -2.56. The molecule has 0 aliphatic carbocycles. The number of hydrogen-bond acceptors (Lipinski definition) is 3. The SMILES string of the molecule is O=C1CC2(CCN(c3[nH+]cc(C(F)(F)F)cc3Cl)CC2)N(C(=O)Nc2ccccc2)N1. The molecule has 1 aromatic heterocycles. The molecule has 3 amide bonds. The van der Waals surface area contributed by atoms with Gasteiger partial charge in [-0.3, -0.25) is 15.1 Å². The van der Waals surface area contributed by atoms with Crippen LogP contribution in [-0.2, 0) is 11.0 Å². The number of carbonyl (C=O) groups is 2. The third-order valence-electron chi connectivity index (χ3n) is 5.64. The highest BCUT2D eigenvalue weighted by atomic mass is 35.5. The van der Waals surface area contributed by atoms with Gasteiger partial charge in [-0.1, -0.05) is 29.8 Å². The van der Waals surface area contributed by atoms with E-state index in [0.717, 1.165) is 12.3 Å². The highest BCUT2D eigenvalue weighted by Gasteiger charge is 2.51. The summed E-state index contributed by atoms with van der Waals surface area (Å²) in [5.74, 6) is 0.123. The topological polar surface area (TPSA) is 78.8 Å². The van der Waals surface area contributed by atoms with Crippen LogP contribution in [0.3, 0.4) is 0 Å². The zero-order valence-electron chi connectivity index (χ0n) is 16.3. The summed E-state index contributed by atoms with van der Waals surface area (Å²) < 4.78 is 38.6. The number of para-hydroxylation sites is 1. The largest absolute Gasteiger partial charge is 0.419 e. The number of pyridine rings is 1. The van der Waals surface area contributed by atoms with Crippen LogP contribution in [0.15, 0.2) is 42.6 Å². The summed E-state index contributed by atoms with van der Waals surface area (Å²) in [6, 6.07) is 9.34. The highest BCUT2D eigenvalue weighted by molar-refractivity contribution is 6.32. The average Bonchev–Trinajstić information content (AvgIpc) is 3.04. The number of nitrogens with zero attached hydrogens (tertiary/aromatic N) is 2. The Morgan fingerprint density at radius 3 is 2.48 bits per heavy atom. The molecule has 0 saturated carbocycles. The molecule has 0 unspecified atom stereocenters. The number of halogens is 4. The van der Waals surface area contributed by atoms with Crippen molar-refractivity contribution in [1.29, 1.82) is 0 Å². The molecule has 0 bridgehead atoms. The Hall–Kier alpha value is -3.01. The lowest BCUT2D eigenvalue weighted by Crippen LogP contribution is -2.58. The minimum Gasteiger partial charge on any atom is -0.306 e. The molecule has 7 nitrogen and oxygen atoms in total. The van der Waals surface area contributed by atoms with E-state index in [2.05, 4.69) is 15.7 Å². The van der Waals surface area contributed by atoms with E-state index in [9.17, 15) is 22.8 Å². The summed E-state index contributed by atoms with van der Waals surface area (Å²) in [5.41, 5.74) is 1.66. The molecule has 3 N–H and O–H groups in total. The van der Waals surface area contributed by atoms with Crippen LogP contribution in [0.25, 0.3) is 0 Å². The minimum atomic E-state index is -4.49. The molecule has 0 atom stereocenters. The highest BCUT2D eigenvalue weighted by Crippen LogP contribution is 2.38. The van der Waals surface area contributed by atoms with Crippen LogP contribution in [0.4, 0.5) is 29.5 Å². The Balaban J connectivity index is 1.48. The first-order valence-corrected chi connectivity index (χ1v) is 10.0. The first kappa shape index (κ1) is 21.2. The third-order valence-corrected chi connectivity index (χ3v) is 5.93. The fourth-order valence-corrected chi connectivity index (χ4v) is 4.33.